The van der Waals surface area contributed by atoms with Crippen LogP contribution in [0.3, 0.4) is 0 Å². The number of nitriles is 1. The van der Waals surface area contributed by atoms with Gasteiger partial charge in [-0.15, -0.1) is 0 Å². The van der Waals surface area contributed by atoms with Crippen molar-refractivity contribution in [3.05, 3.63) is 29.3 Å². The predicted molar refractivity (Wildman–Crippen MR) is 72.5 cm³/mol. The summed E-state index contributed by atoms with van der Waals surface area (Å²) in [4.78, 5) is 0.234. The van der Waals surface area contributed by atoms with Crippen LogP contribution in [0.15, 0.2) is 23.1 Å². The molecule has 1 aromatic carbocycles. The molecule has 2 bridgehead atoms. The maximum atomic E-state index is 12.8. The molecule has 2 fully saturated rings. The van der Waals surface area contributed by atoms with E-state index in [1.165, 1.54) is 10.4 Å². The summed E-state index contributed by atoms with van der Waals surface area (Å²) >= 11 is 0. The van der Waals surface area contributed by atoms with E-state index in [4.69, 9.17) is 10.00 Å². The molecule has 0 N–H and O–H groups in total. The molecule has 20 heavy (non-hydrogen) atoms. The second-order valence-corrected chi connectivity index (χ2v) is 7.28. The van der Waals surface area contributed by atoms with Gasteiger partial charge in [0.15, 0.2) is 0 Å². The Bertz CT molecular complexity index is 666. The van der Waals surface area contributed by atoms with Gasteiger partial charge in [0.1, 0.15) is 0 Å². The molecule has 2 unspecified atom stereocenters. The van der Waals surface area contributed by atoms with E-state index in [9.17, 15) is 8.42 Å². The van der Waals surface area contributed by atoms with Gasteiger partial charge in [-0.05, 0) is 37.5 Å². The standard InChI is InChI=1S/C14H16N2O3S/c1-10-2-3-11(7-15)6-14(10)20(17,18)16-8-12-4-5-13(9-16)19-12/h2-3,6,12-13H,4-5,8-9H2,1H3. The molecule has 0 saturated carbocycles. The number of benzene rings is 1. The Kier molecular flexibility index (Phi) is 3.28. The second kappa shape index (κ2) is 4.85. The van der Waals surface area contributed by atoms with Crippen molar-refractivity contribution in [2.75, 3.05) is 13.1 Å². The third-order valence-corrected chi connectivity index (χ3v) is 5.92. The number of aryl methyl sites for hydroxylation is 1. The van der Waals surface area contributed by atoms with E-state index in [1.54, 1.807) is 19.1 Å². The molecule has 0 spiro atoms. The number of rotatable bonds is 2. The Morgan fingerprint density at radius 1 is 1.30 bits per heavy atom. The third-order valence-electron chi connectivity index (χ3n) is 3.95. The molecule has 2 saturated heterocycles. The summed E-state index contributed by atoms with van der Waals surface area (Å²) in [6, 6.07) is 6.77. The van der Waals surface area contributed by atoms with Crippen LogP contribution in [-0.2, 0) is 14.8 Å². The van der Waals surface area contributed by atoms with Gasteiger partial charge in [0, 0.05) is 13.1 Å². The fourth-order valence-electron chi connectivity index (χ4n) is 2.86. The van der Waals surface area contributed by atoms with Crippen LogP contribution < -0.4 is 0 Å². The molecule has 106 valence electrons. The fraction of sp³-hybridized carbons (Fsp3) is 0.500. The van der Waals surface area contributed by atoms with Gasteiger partial charge in [-0.2, -0.15) is 9.57 Å². The first kappa shape index (κ1) is 13.6. The molecule has 2 atom stereocenters. The quantitative estimate of drug-likeness (QED) is 0.826. The average Bonchev–Trinajstić information content (AvgIpc) is 2.77. The Morgan fingerprint density at radius 2 is 1.95 bits per heavy atom. The third kappa shape index (κ3) is 2.22. The van der Waals surface area contributed by atoms with Gasteiger partial charge < -0.3 is 4.74 Å². The van der Waals surface area contributed by atoms with Crippen LogP contribution in [0.25, 0.3) is 0 Å². The van der Waals surface area contributed by atoms with Crippen molar-refractivity contribution in [2.45, 2.75) is 36.9 Å². The number of hydrogen-bond donors (Lipinski definition) is 0. The van der Waals surface area contributed by atoms with Gasteiger partial charge in [-0.3, -0.25) is 0 Å². The lowest BCUT2D eigenvalue weighted by molar-refractivity contribution is -0.0114. The topological polar surface area (TPSA) is 70.4 Å². The van der Waals surface area contributed by atoms with Gasteiger partial charge in [0.05, 0.1) is 28.7 Å². The second-order valence-electron chi connectivity index (χ2n) is 5.37. The van der Waals surface area contributed by atoms with Gasteiger partial charge in [0.2, 0.25) is 10.0 Å². The summed E-state index contributed by atoms with van der Waals surface area (Å²) in [5.74, 6) is 0. The predicted octanol–water partition coefficient (Wildman–Crippen LogP) is 1.42. The van der Waals surface area contributed by atoms with E-state index in [1.807, 2.05) is 6.07 Å². The number of sulfonamides is 1. The molecule has 1 aromatic rings. The van der Waals surface area contributed by atoms with Crippen LogP contribution in [0.1, 0.15) is 24.0 Å². The molecular formula is C14H16N2O3S. The summed E-state index contributed by atoms with van der Waals surface area (Å²) in [6.45, 7) is 2.58. The lowest BCUT2D eigenvalue weighted by Crippen LogP contribution is -2.45. The minimum Gasteiger partial charge on any atom is -0.372 e. The van der Waals surface area contributed by atoms with Gasteiger partial charge >= 0.3 is 0 Å². The Morgan fingerprint density at radius 3 is 2.55 bits per heavy atom. The number of hydrogen-bond acceptors (Lipinski definition) is 4. The minimum atomic E-state index is -3.55. The highest BCUT2D eigenvalue weighted by molar-refractivity contribution is 7.89. The summed E-state index contributed by atoms with van der Waals surface area (Å²) < 4.78 is 32.7. The smallest absolute Gasteiger partial charge is 0.243 e. The first-order valence-corrected chi connectivity index (χ1v) is 8.11. The number of nitrogens with zero attached hydrogens (tertiary/aromatic N) is 2. The van der Waals surface area contributed by atoms with E-state index in [0.29, 0.717) is 24.2 Å². The zero-order valence-corrected chi connectivity index (χ0v) is 12.1. The van der Waals surface area contributed by atoms with E-state index in [0.717, 1.165) is 12.8 Å². The van der Waals surface area contributed by atoms with E-state index in [2.05, 4.69) is 0 Å². The van der Waals surface area contributed by atoms with Crippen molar-refractivity contribution in [1.82, 2.24) is 4.31 Å². The molecule has 3 rings (SSSR count). The molecule has 0 aromatic heterocycles. The van der Waals surface area contributed by atoms with Crippen molar-refractivity contribution in [2.24, 2.45) is 0 Å². The molecule has 2 heterocycles. The van der Waals surface area contributed by atoms with Crippen LogP contribution in [-0.4, -0.2) is 38.0 Å². The molecular weight excluding hydrogens is 276 g/mol. The Balaban J connectivity index is 1.98. The molecule has 2 aliphatic rings. The maximum absolute atomic E-state index is 12.8. The highest BCUT2D eigenvalue weighted by atomic mass is 32.2. The molecule has 0 amide bonds. The van der Waals surface area contributed by atoms with E-state index < -0.39 is 10.0 Å². The zero-order valence-electron chi connectivity index (χ0n) is 11.2. The number of fused-ring (bicyclic) bond motifs is 2. The van der Waals surface area contributed by atoms with Crippen molar-refractivity contribution < 1.29 is 13.2 Å². The van der Waals surface area contributed by atoms with Crippen molar-refractivity contribution >= 4 is 10.0 Å². The molecule has 0 radical (unpaired) electrons. The maximum Gasteiger partial charge on any atom is 0.243 e. The van der Waals surface area contributed by atoms with Crippen LogP contribution in [0.5, 0.6) is 0 Å². The van der Waals surface area contributed by atoms with Crippen molar-refractivity contribution in [3.8, 4) is 6.07 Å². The highest BCUT2D eigenvalue weighted by Gasteiger charge is 2.39. The molecule has 0 aliphatic carbocycles. The summed E-state index contributed by atoms with van der Waals surface area (Å²) in [5.41, 5.74) is 1.04. The summed E-state index contributed by atoms with van der Waals surface area (Å²) in [5, 5.41) is 8.94. The van der Waals surface area contributed by atoms with Crippen molar-refractivity contribution in [1.29, 1.82) is 5.26 Å². The summed E-state index contributed by atoms with van der Waals surface area (Å²) in [6.07, 6.45) is 1.88. The SMILES string of the molecule is Cc1ccc(C#N)cc1S(=O)(=O)N1CC2CCC(C1)O2. The normalized spacial score (nSPS) is 26.4. The van der Waals surface area contributed by atoms with Gasteiger partial charge in [0.25, 0.3) is 0 Å². The lowest BCUT2D eigenvalue weighted by atomic mass is 10.2. The minimum absolute atomic E-state index is 0.0166. The number of ether oxygens (including phenoxy) is 1. The summed E-state index contributed by atoms with van der Waals surface area (Å²) in [7, 11) is -3.55. The number of morpholine rings is 1. The molecule has 2 aliphatic heterocycles. The van der Waals surface area contributed by atoms with Crippen LogP contribution in [0, 0.1) is 18.3 Å². The van der Waals surface area contributed by atoms with Crippen LogP contribution in [0.2, 0.25) is 0 Å². The Labute approximate surface area is 118 Å². The van der Waals surface area contributed by atoms with E-state index in [-0.39, 0.29) is 17.1 Å². The van der Waals surface area contributed by atoms with Crippen LogP contribution in [0.4, 0.5) is 0 Å². The fourth-order valence-corrected chi connectivity index (χ4v) is 4.61. The van der Waals surface area contributed by atoms with E-state index >= 15 is 0 Å². The molecule has 5 nitrogen and oxygen atoms in total. The average molecular weight is 292 g/mol. The Hall–Kier alpha value is -1.42. The monoisotopic (exact) mass is 292 g/mol. The van der Waals surface area contributed by atoms with Crippen LogP contribution >= 0.6 is 0 Å². The largest absolute Gasteiger partial charge is 0.372 e. The lowest BCUT2D eigenvalue weighted by Gasteiger charge is -2.31. The highest BCUT2D eigenvalue weighted by Crippen LogP contribution is 2.31. The first-order valence-electron chi connectivity index (χ1n) is 6.67. The zero-order chi connectivity index (χ0) is 14.3. The van der Waals surface area contributed by atoms with Crippen molar-refractivity contribution in [3.63, 3.8) is 0 Å². The molecule has 6 heteroatoms. The van der Waals surface area contributed by atoms with Gasteiger partial charge in [-0.25, -0.2) is 8.42 Å². The van der Waals surface area contributed by atoms with Gasteiger partial charge in [-0.1, -0.05) is 6.07 Å². The first-order chi connectivity index (χ1) is 9.50.